The van der Waals surface area contributed by atoms with Crippen molar-refractivity contribution in [2.45, 2.75) is 39.2 Å². The quantitative estimate of drug-likeness (QED) is 0.341. The summed E-state index contributed by atoms with van der Waals surface area (Å²) in [5.41, 5.74) is 2.35. The fraction of sp³-hybridized carbons (Fsp3) is 0.393. The predicted octanol–water partition coefficient (Wildman–Crippen LogP) is 5.12. The topological polar surface area (TPSA) is 62.6 Å². The summed E-state index contributed by atoms with van der Waals surface area (Å²) in [6.45, 7) is 4.87. The first-order valence-electron chi connectivity index (χ1n) is 12.2. The van der Waals surface area contributed by atoms with Gasteiger partial charge < -0.3 is 14.4 Å². The molecule has 2 amide bonds. The van der Waals surface area contributed by atoms with Crippen molar-refractivity contribution < 1.29 is 18.8 Å². The number of piperidine rings is 1. The molecule has 1 fully saturated rings. The van der Waals surface area contributed by atoms with Crippen LogP contribution in [-0.4, -0.2) is 58.1 Å². The molecule has 3 aromatic rings. The number of hydrogen-bond donors (Lipinski definition) is 0. The van der Waals surface area contributed by atoms with E-state index in [0.717, 1.165) is 24.8 Å². The van der Waals surface area contributed by atoms with Gasteiger partial charge in [0.25, 0.3) is 17.6 Å². The van der Waals surface area contributed by atoms with Gasteiger partial charge in [-0.15, -0.1) is 0 Å². The number of carbonyl (C=O) groups excluding carboxylic acids is 3. The van der Waals surface area contributed by atoms with E-state index in [1.807, 2.05) is 26.0 Å². The van der Waals surface area contributed by atoms with E-state index in [2.05, 4.69) is 0 Å². The molecule has 0 unspecified atom stereocenters. The normalized spacial score (nSPS) is 14.5. The van der Waals surface area contributed by atoms with Gasteiger partial charge in [-0.25, -0.2) is 4.39 Å². The van der Waals surface area contributed by atoms with Crippen molar-refractivity contribution in [3.8, 4) is 0 Å². The molecule has 6 nitrogen and oxygen atoms in total. The van der Waals surface area contributed by atoms with E-state index in [1.165, 1.54) is 17.0 Å². The fourth-order valence-electron chi connectivity index (χ4n) is 4.72. The molecule has 1 aliphatic heterocycles. The van der Waals surface area contributed by atoms with E-state index in [4.69, 9.17) is 11.6 Å². The van der Waals surface area contributed by atoms with Crippen LogP contribution in [0.1, 0.15) is 53.0 Å². The zero-order chi connectivity index (χ0) is 26.1. The van der Waals surface area contributed by atoms with Gasteiger partial charge >= 0.3 is 0 Å². The number of halogens is 2. The fourth-order valence-corrected chi connectivity index (χ4v) is 4.96. The number of Topliss-reactive ketones (excluding diaryl/α,β-unsaturated/α-hetero) is 1. The largest absolute Gasteiger partial charge is 0.350 e. The lowest BCUT2D eigenvalue weighted by molar-refractivity contribution is -0.126. The number of aromatic nitrogens is 1. The monoisotopic (exact) mass is 511 g/mol. The Bertz CT molecular complexity index is 1310. The summed E-state index contributed by atoms with van der Waals surface area (Å²) in [4.78, 5) is 42.3. The van der Waals surface area contributed by atoms with Crippen molar-refractivity contribution >= 4 is 40.1 Å². The smallest absolute Gasteiger partial charge is 0.295 e. The molecule has 0 radical (unpaired) electrons. The first kappa shape index (κ1) is 25.9. The van der Waals surface area contributed by atoms with E-state index in [-0.39, 0.29) is 23.3 Å². The molecule has 1 aliphatic rings. The van der Waals surface area contributed by atoms with Crippen LogP contribution < -0.4 is 0 Å². The van der Waals surface area contributed by atoms with Gasteiger partial charge in [-0.2, -0.15) is 0 Å². The van der Waals surface area contributed by atoms with E-state index < -0.39 is 11.7 Å². The highest BCUT2D eigenvalue weighted by molar-refractivity contribution is 6.45. The maximum atomic E-state index is 13.4. The number of amides is 2. The Labute approximate surface area is 215 Å². The summed E-state index contributed by atoms with van der Waals surface area (Å²) in [7, 11) is 3.38. The molecule has 0 saturated carbocycles. The predicted molar refractivity (Wildman–Crippen MR) is 139 cm³/mol. The Morgan fingerprint density at radius 1 is 1.08 bits per heavy atom. The Hall–Kier alpha value is -3.19. The van der Waals surface area contributed by atoms with E-state index in [1.54, 1.807) is 41.9 Å². The van der Waals surface area contributed by atoms with Crippen LogP contribution in [0.4, 0.5) is 4.39 Å². The third-order valence-corrected chi connectivity index (χ3v) is 7.49. The SMILES string of the molecule is CC(C)N(C)C(=O)C(=O)c1cn(C)c2cc(Cl)c(C(=O)N3CCC(Cc4ccc(F)cc4)CC3)cc12. The minimum absolute atomic E-state index is 0.117. The van der Waals surface area contributed by atoms with Gasteiger partial charge in [0.15, 0.2) is 0 Å². The molecule has 2 heterocycles. The number of rotatable bonds is 6. The Kier molecular flexibility index (Phi) is 7.50. The summed E-state index contributed by atoms with van der Waals surface area (Å²) in [5.74, 6) is -1.22. The number of aryl methyl sites for hydroxylation is 1. The number of benzene rings is 2. The molecule has 0 N–H and O–H groups in total. The van der Waals surface area contributed by atoms with Gasteiger partial charge in [0.2, 0.25) is 0 Å². The Morgan fingerprint density at radius 2 is 1.72 bits per heavy atom. The lowest BCUT2D eigenvalue weighted by Crippen LogP contribution is -2.39. The molecular weight excluding hydrogens is 481 g/mol. The van der Waals surface area contributed by atoms with Crippen LogP contribution in [0.25, 0.3) is 10.9 Å². The number of likely N-dealkylation sites (N-methyl/N-ethyl adjacent to an activating group) is 1. The molecule has 1 aromatic heterocycles. The first-order valence-corrected chi connectivity index (χ1v) is 12.6. The zero-order valence-electron chi connectivity index (χ0n) is 21.1. The molecule has 190 valence electrons. The molecule has 36 heavy (non-hydrogen) atoms. The minimum atomic E-state index is -0.612. The summed E-state index contributed by atoms with van der Waals surface area (Å²) < 4.78 is 14.9. The number of nitrogens with zero attached hydrogens (tertiary/aromatic N) is 3. The molecule has 0 atom stereocenters. The highest BCUT2D eigenvalue weighted by Crippen LogP contribution is 2.31. The standard InChI is InChI=1S/C28H31ClFN3O3/c1-17(2)32(4)28(36)26(34)23-16-31(3)25-15-24(29)22(14-21(23)25)27(35)33-11-9-19(10-12-33)13-18-5-7-20(30)8-6-18/h5-8,14-17,19H,9-13H2,1-4H3. The summed E-state index contributed by atoms with van der Waals surface area (Å²) in [6.07, 6.45) is 4.15. The number of fused-ring (bicyclic) bond motifs is 1. The number of hydrogen-bond acceptors (Lipinski definition) is 3. The van der Waals surface area contributed by atoms with E-state index in [9.17, 15) is 18.8 Å². The summed E-state index contributed by atoms with van der Waals surface area (Å²) in [5, 5.41) is 0.846. The average molecular weight is 512 g/mol. The van der Waals surface area contributed by atoms with Crippen LogP contribution in [-0.2, 0) is 18.3 Å². The van der Waals surface area contributed by atoms with Crippen LogP contribution in [0.2, 0.25) is 5.02 Å². The van der Waals surface area contributed by atoms with E-state index >= 15 is 0 Å². The third-order valence-electron chi connectivity index (χ3n) is 7.18. The first-order chi connectivity index (χ1) is 17.1. The number of ketones is 1. The van der Waals surface area contributed by atoms with Gasteiger partial charge in [-0.05, 0) is 68.9 Å². The van der Waals surface area contributed by atoms with Crippen LogP contribution in [0.3, 0.4) is 0 Å². The lowest BCUT2D eigenvalue weighted by atomic mass is 9.90. The van der Waals surface area contributed by atoms with Crippen molar-refractivity contribution in [3.05, 3.63) is 70.1 Å². The second-order valence-electron chi connectivity index (χ2n) is 9.91. The van der Waals surface area contributed by atoms with Gasteiger partial charge in [-0.3, -0.25) is 14.4 Å². The molecular formula is C28H31ClFN3O3. The van der Waals surface area contributed by atoms with Gasteiger partial charge in [0, 0.05) is 44.8 Å². The zero-order valence-corrected chi connectivity index (χ0v) is 21.8. The average Bonchev–Trinajstić information content (AvgIpc) is 3.18. The van der Waals surface area contributed by atoms with Gasteiger partial charge in [-0.1, -0.05) is 23.7 Å². The van der Waals surface area contributed by atoms with Crippen LogP contribution in [0.15, 0.2) is 42.6 Å². The minimum Gasteiger partial charge on any atom is -0.350 e. The highest BCUT2D eigenvalue weighted by atomic mass is 35.5. The second-order valence-corrected chi connectivity index (χ2v) is 10.3. The van der Waals surface area contributed by atoms with Crippen LogP contribution in [0.5, 0.6) is 0 Å². The Balaban J connectivity index is 1.53. The lowest BCUT2D eigenvalue weighted by Gasteiger charge is -2.32. The van der Waals surface area contributed by atoms with Crippen molar-refractivity contribution in [3.63, 3.8) is 0 Å². The maximum absolute atomic E-state index is 13.4. The molecule has 8 heteroatoms. The molecule has 0 aliphatic carbocycles. The highest BCUT2D eigenvalue weighted by Gasteiger charge is 2.29. The molecule has 1 saturated heterocycles. The van der Waals surface area contributed by atoms with Crippen molar-refractivity contribution in [1.82, 2.24) is 14.4 Å². The van der Waals surface area contributed by atoms with Gasteiger partial charge in [0.1, 0.15) is 5.82 Å². The van der Waals surface area contributed by atoms with Crippen LogP contribution in [0, 0.1) is 11.7 Å². The van der Waals surface area contributed by atoms with Crippen molar-refractivity contribution in [2.75, 3.05) is 20.1 Å². The summed E-state index contributed by atoms with van der Waals surface area (Å²) in [6, 6.07) is 9.77. The molecule has 4 rings (SSSR count). The second kappa shape index (κ2) is 10.4. The number of carbonyl (C=O) groups is 3. The third kappa shape index (κ3) is 5.16. The molecule has 0 spiro atoms. The van der Waals surface area contributed by atoms with Crippen molar-refractivity contribution in [1.29, 1.82) is 0 Å². The number of likely N-dealkylation sites (tertiary alicyclic amines) is 1. The molecule has 0 bridgehead atoms. The van der Waals surface area contributed by atoms with Crippen molar-refractivity contribution in [2.24, 2.45) is 13.0 Å². The maximum Gasteiger partial charge on any atom is 0.295 e. The van der Waals surface area contributed by atoms with Crippen LogP contribution >= 0.6 is 11.6 Å². The van der Waals surface area contributed by atoms with E-state index in [0.29, 0.717) is 40.5 Å². The summed E-state index contributed by atoms with van der Waals surface area (Å²) >= 11 is 6.53. The molecule has 2 aromatic carbocycles. The Morgan fingerprint density at radius 3 is 2.33 bits per heavy atom. The van der Waals surface area contributed by atoms with Gasteiger partial charge in [0.05, 0.1) is 21.7 Å².